The molecule has 1 fully saturated rings. The Morgan fingerprint density at radius 2 is 1.50 bits per heavy atom. The van der Waals surface area contributed by atoms with E-state index in [1.807, 2.05) is 27.6 Å². The van der Waals surface area contributed by atoms with Crippen LogP contribution in [0.4, 0.5) is 0 Å². The van der Waals surface area contributed by atoms with Gasteiger partial charge in [0.15, 0.2) is 0 Å². The van der Waals surface area contributed by atoms with Gasteiger partial charge in [-0.2, -0.15) is 0 Å². The minimum atomic E-state index is 0.603. The highest BCUT2D eigenvalue weighted by Gasteiger charge is 2.30. The first kappa shape index (κ1) is 32.9. The van der Waals surface area contributed by atoms with E-state index < -0.39 is 0 Å². The molecule has 0 aliphatic heterocycles. The van der Waals surface area contributed by atoms with E-state index >= 15 is 0 Å². The molecule has 1 rings (SSSR count). The number of hydrogen-bond donors (Lipinski definition) is 1. The summed E-state index contributed by atoms with van der Waals surface area (Å²) in [4.78, 5) is 17.2. The predicted octanol–water partition coefficient (Wildman–Crippen LogP) is 6.85. The van der Waals surface area contributed by atoms with Crippen molar-refractivity contribution in [2.24, 2.45) is 17.3 Å². The molecule has 3 heteroatoms. The van der Waals surface area contributed by atoms with E-state index in [4.69, 9.17) is 9.90 Å². The van der Waals surface area contributed by atoms with Crippen molar-refractivity contribution in [1.29, 1.82) is 0 Å². The van der Waals surface area contributed by atoms with E-state index in [-0.39, 0.29) is 0 Å². The SMILES string of the molecule is C=O.CC.CCC=O.CCCC(C)(CC)C(C)CC1CCCCC1.CO. The number of hydrogen-bond acceptors (Lipinski definition) is 3. The van der Waals surface area contributed by atoms with E-state index in [0.717, 1.165) is 25.2 Å². The van der Waals surface area contributed by atoms with Gasteiger partial charge in [-0.25, -0.2) is 0 Å². The molecule has 1 aliphatic carbocycles. The van der Waals surface area contributed by atoms with Crippen molar-refractivity contribution in [1.82, 2.24) is 0 Å². The van der Waals surface area contributed by atoms with Crippen LogP contribution in [0.25, 0.3) is 0 Å². The van der Waals surface area contributed by atoms with Crippen molar-refractivity contribution in [3.05, 3.63) is 0 Å². The lowest BCUT2D eigenvalue weighted by Crippen LogP contribution is -2.27. The average molecular weight is 375 g/mol. The van der Waals surface area contributed by atoms with Crippen LogP contribution in [-0.2, 0) is 9.59 Å². The minimum absolute atomic E-state index is 0.603. The van der Waals surface area contributed by atoms with Crippen molar-refractivity contribution >= 4 is 13.1 Å². The van der Waals surface area contributed by atoms with Crippen LogP contribution in [-0.4, -0.2) is 25.3 Å². The van der Waals surface area contributed by atoms with Gasteiger partial charge in [-0.3, -0.25) is 0 Å². The van der Waals surface area contributed by atoms with Crippen molar-refractivity contribution in [3.8, 4) is 0 Å². The van der Waals surface area contributed by atoms with E-state index in [1.165, 1.54) is 57.8 Å². The van der Waals surface area contributed by atoms with E-state index in [2.05, 4.69) is 27.7 Å². The molecule has 160 valence electrons. The first-order valence-electron chi connectivity index (χ1n) is 10.7. The molecule has 0 heterocycles. The Morgan fingerprint density at radius 3 is 1.81 bits per heavy atom. The lowest BCUT2D eigenvalue weighted by molar-refractivity contribution is -0.107. The Morgan fingerprint density at radius 1 is 1.08 bits per heavy atom. The molecule has 0 aromatic carbocycles. The molecule has 1 aliphatic rings. The zero-order chi connectivity index (χ0) is 21.4. The Kier molecular flexibility index (Phi) is 33.6. The van der Waals surface area contributed by atoms with E-state index in [0.29, 0.717) is 11.8 Å². The van der Waals surface area contributed by atoms with Crippen LogP contribution >= 0.6 is 0 Å². The van der Waals surface area contributed by atoms with Crippen molar-refractivity contribution < 1.29 is 14.7 Å². The number of rotatable bonds is 7. The smallest absolute Gasteiger partial charge is 0.119 e. The molecular formula is C23H50O3. The minimum Gasteiger partial charge on any atom is -0.400 e. The van der Waals surface area contributed by atoms with Crippen LogP contribution in [0.5, 0.6) is 0 Å². The topological polar surface area (TPSA) is 54.4 Å². The maximum atomic E-state index is 9.17. The van der Waals surface area contributed by atoms with Crippen LogP contribution in [0.3, 0.4) is 0 Å². The highest BCUT2D eigenvalue weighted by molar-refractivity contribution is 5.48. The summed E-state index contributed by atoms with van der Waals surface area (Å²) in [5.74, 6) is 1.96. The number of carbonyl (C=O) groups is 2. The second-order valence-electron chi connectivity index (χ2n) is 6.97. The van der Waals surface area contributed by atoms with E-state index in [9.17, 15) is 4.79 Å². The maximum Gasteiger partial charge on any atom is 0.119 e. The molecule has 0 spiro atoms. The Balaban J connectivity index is -0.000000205. The van der Waals surface area contributed by atoms with E-state index in [1.54, 1.807) is 0 Å². The van der Waals surface area contributed by atoms with Crippen molar-refractivity contribution in [2.75, 3.05) is 7.11 Å². The lowest BCUT2D eigenvalue weighted by Gasteiger charge is -2.37. The standard InChI is InChI=1S/C16H32.C3H6O.C2H6.CH4O.CH2O/c1-5-12-16(4,6-2)14(3)13-15-10-8-7-9-11-15;1-2-3-4;3*1-2/h14-15H,5-13H2,1-4H3;3H,2H2,1H3;1-2H3;2H,1H3;1H2. The highest BCUT2D eigenvalue weighted by atomic mass is 16.2. The van der Waals surface area contributed by atoms with Gasteiger partial charge in [0.1, 0.15) is 13.1 Å². The molecule has 0 bridgehead atoms. The maximum absolute atomic E-state index is 9.17. The molecule has 0 saturated heterocycles. The fraction of sp³-hybridized carbons (Fsp3) is 0.913. The van der Waals surface area contributed by atoms with Gasteiger partial charge in [0.25, 0.3) is 0 Å². The zero-order valence-electron chi connectivity index (χ0n) is 19.3. The third-order valence-electron chi connectivity index (χ3n) is 5.40. The number of aliphatic hydroxyl groups is 1. The molecular weight excluding hydrogens is 324 g/mol. The van der Waals surface area contributed by atoms with Crippen LogP contribution in [0.1, 0.15) is 113 Å². The summed E-state index contributed by atoms with van der Waals surface area (Å²) in [6.07, 6.45) is 14.6. The number of aliphatic hydroxyl groups excluding tert-OH is 1. The molecule has 0 aromatic rings. The second-order valence-corrected chi connectivity index (χ2v) is 6.97. The van der Waals surface area contributed by atoms with Crippen molar-refractivity contribution in [2.45, 2.75) is 113 Å². The Bertz CT molecular complexity index is 250. The molecule has 1 N–H and O–H groups in total. The van der Waals surface area contributed by atoms with Crippen LogP contribution < -0.4 is 0 Å². The summed E-state index contributed by atoms with van der Waals surface area (Å²) >= 11 is 0. The summed E-state index contributed by atoms with van der Waals surface area (Å²) in [7, 11) is 1.00. The van der Waals surface area contributed by atoms with Gasteiger partial charge < -0.3 is 14.7 Å². The normalized spacial score (nSPS) is 16.3. The predicted molar refractivity (Wildman–Crippen MR) is 117 cm³/mol. The van der Waals surface area contributed by atoms with Crippen molar-refractivity contribution in [3.63, 3.8) is 0 Å². The summed E-state index contributed by atoms with van der Waals surface area (Å²) in [6, 6.07) is 0. The monoisotopic (exact) mass is 374 g/mol. The van der Waals surface area contributed by atoms with Gasteiger partial charge in [0.2, 0.25) is 0 Å². The molecule has 26 heavy (non-hydrogen) atoms. The molecule has 1 saturated carbocycles. The van der Waals surface area contributed by atoms with Gasteiger partial charge in [0.05, 0.1) is 0 Å². The zero-order valence-corrected chi connectivity index (χ0v) is 19.3. The van der Waals surface area contributed by atoms with Crippen LogP contribution in [0.2, 0.25) is 0 Å². The summed E-state index contributed by atoms with van der Waals surface area (Å²) in [5.41, 5.74) is 0.603. The van der Waals surface area contributed by atoms with Gasteiger partial charge in [-0.1, -0.05) is 93.4 Å². The van der Waals surface area contributed by atoms with Gasteiger partial charge in [-0.05, 0) is 30.1 Å². The Labute approximate surface area is 165 Å². The largest absolute Gasteiger partial charge is 0.400 e. The van der Waals surface area contributed by atoms with Gasteiger partial charge in [-0.15, -0.1) is 0 Å². The average Bonchev–Trinajstić information content (AvgIpc) is 2.73. The first-order chi connectivity index (χ1) is 12.5. The fourth-order valence-electron chi connectivity index (χ4n) is 3.55. The summed E-state index contributed by atoms with van der Waals surface area (Å²) in [6.45, 7) is 17.6. The van der Waals surface area contributed by atoms with Gasteiger partial charge in [0, 0.05) is 13.5 Å². The van der Waals surface area contributed by atoms with Gasteiger partial charge >= 0.3 is 0 Å². The fourth-order valence-corrected chi connectivity index (χ4v) is 3.55. The summed E-state index contributed by atoms with van der Waals surface area (Å²) < 4.78 is 0. The van der Waals surface area contributed by atoms with Crippen LogP contribution in [0.15, 0.2) is 0 Å². The third-order valence-corrected chi connectivity index (χ3v) is 5.40. The summed E-state index contributed by atoms with van der Waals surface area (Å²) in [5, 5.41) is 7.00. The lowest BCUT2D eigenvalue weighted by atomic mass is 9.68. The number of carbonyl (C=O) groups excluding carboxylic acids is 2. The quantitative estimate of drug-likeness (QED) is 0.495. The molecule has 2 atom stereocenters. The molecule has 0 aromatic heterocycles. The molecule has 2 unspecified atom stereocenters. The van der Waals surface area contributed by atoms with Crippen LogP contribution in [0, 0.1) is 17.3 Å². The Hall–Kier alpha value is -0.700. The second kappa shape index (κ2) is 26.5. The third kappa shape index (κ3) is 18.1. The first-order valence-corrected chi connectivity index (χ1v) is 10.7. The highest BCUT2D eigenvalue weighted by Crippen LogP contribution is 2.41. The molecule has 3 nitrogen and oxygen atoms in total. The molecule has 0 amide bonds. The molecule has 0 radical (unpaired) electrons. The number of aldehydes is 1.